The third kappa shape index (κ3) is 2.37. The lowest BCUT2D eigenvalue weighted by Crippen LogP contribution is -2.35. The highest BCUT2D eigenvalue weighted by Gasteiger charge is 2.30. The molecule has 0 bridgehead atoms. The van der Waals surface area contributed by atoms with Gasteiger partial charge in [0.15, 0.2) is 5.03 Å². The number of hydrogen-bond donors (Lipinski definition) is 2. The number of aromatic nitrogens is 2. The fraction of sp³-hybridized carbons (Fsp3) is 0.357. The summed E-state index contributed by atoms with van der Waals surface area (Å²) in [5, 5.41) is 0.134. The Balaban J connectivity index is 2.07. The molecule has 1 aromatic carbocycles. The predicted molar refractivity (Wildman–Crippen MR) is 81.7 cm³/mol. The minimum absolute atomic E-state index is 0.134. The van der Waals surface area contributed by atoms with Crippen molar-refractivity contribution in [2.75, 3.05) is 16.6 Å². The molecular weight excluding hydrogens is 288 g/mol. The van der Waals surface area contributed by atoms with Gasteiger partial charge in [-0.3, -0.25) is 4.31 Å². The van der Waals surface area contributed by atoms with Gasteiger partial charge in [-0.05, 0) is 30.5 Å². The zero-order valence-electron chi connectivity index (χ0n) is 11.8. The molecule has 0 saturated carbocycles. The largest absolute Gasteiger partial charge is 0.399 e. The van der Waals surface area contributed by atoms with Gasteiger partial charge < -0.3 is 10.7 Å². The molecule has 3 rings (SSSR count). The minimum Gasteiger partial charge on any atom is -0.399 e. The monoisotopic (exact) mass is 306 g/mol. The van der Waals surface area contributed by atoms with Crippen LogP contribution in [0.1, 0.15) is 24.7 Å². The normalized spacial score (nSPS) is 15.0. The van der Waals surface area contributed by atoms with Crippen LogP contribution in [-0.2, 0) is 22.9 Å². The summed E-state index contributed by atoms with van der Waals surface area (Å²) in [5.41, 5.74) is 8.06. The summed E-state index contributed by atoms with van der Waals surface area (Å²) < 4.78 is 27.0. The Bertz CT molecular complexity index is 767. The smallest absolute Gasteiger partial charge is 0.281 e. The highest BCUT2D eigenvalue weighted by Crippen LogP contribution is 2.33. The zero-order valence-corrected chi connectivity index (χ0v) is 12.7. The molecule has 2 heterocycles. The van der Waals surface area contributed by atoms with Crippen LogP contribution in [0, 0.1) is 0 Å². The van der Waals surface area contributed by atoms with Crippen LogP contribution in [0.25, 0.3) is 0 Å². The van der Waals surface area contributed by atoms with Gasteiger partial charge in [0, 0.05) is 18.7 Å². The van der Waals surface area contributed by atoms with E-state index in [0.29, 0.717) is 30.2 Å². The van der Waals surface area contributed by atoms with E-state index in [1.54, 1.807) is 12.1 Å². The second-order valence-electron chi connectivity index (χ2n) is 5.12. The van der Waals surface area contributed by atoms with Gasteiger partial charge in [0.1, 0.15) is 5.82 Å². The van der Waals surface area contributed by atoms with Gasteiger partial charge in [-0.1, -0.05) is 13.0 Å². The molecule has 0 saturated heterocycles. The molecule has 6 nitrogen and oxygen atoms in total. The number of imidazole rings is 1. The van der Waals surface area contributed by atoms with Crippen molar-refractivity contribution in [2.45, 2.75) is 31.2 Å². The van der Waals surface area contributed by atoms with Gasteiger partial charge in [-0.25, -0.2) is 4.98 Å². The molecule has 1 aliphatic rings. The van der Waals surface area contributed by atoms with E-state index in [2.05, 4.69) is 9.97 Å². The first-order valence-corrected chi connectivity index (χ1v) is 8.41. The second kappa shape index (κ2) is 5.07. The van der Waals surface area contributed by atoms with Crippen LogP contribution >= 0.6 is 0 Å². The molecule has 0 unspecified atom stereocenters. The Labute approximate surface area is 124 Å². The average molecular weight is 306 g/mol. The first-order chi connectivity index (χ1) is 10.0. The van der Waals surface area contributed by atoms with E-state index in [0.717, 1.165) is 18.4 Å². The van der Waals surface area contributed by atoms with E-state index in [-0.39, 0.29) is 5.03 Å². The Morgan fingerprint density at radius 3 is 2.95 bits per heavy atom. The molecule has 2 aromatic rings. The highest BCUT2D eigenvalue weighted by molar-refractivity contribution is 7.92. The first-order valence-electron chi connectivity index (χ1n) is 6.97. The number of aryl methyl sites for hydroxylation is 2. The number of H-pyrrole nitrogens is 1. The van der Waals surface area contributed by atoms with E-state index in [9.17, 15) is 8.42 Å². The molecule has 0 atom stereocenters. The van der Waals surface area contributed by atoms with E-state index < -0.39 is 10.0 Å². The summed E-state index contributed by atoms with van der Waals surface area (Å²) in [6, 6.07) is 5.43. The van der Waals surface area contributed by atoms with Gasteiger partial charge in [0.2, 0.25) is 0 Å². The van der Waals surface area contributed by atoms with Crippen LogP contribution in [0.4, 0.5) is 11.4 Å². The Morgan fingerprint density at radius 1 is 1.43 bits per heavy atom. The van der Waals surface area contributed by atoms with Crippen LogP contribution in [0.3, 0.4) is 0 Å². The Kier molecular flexibility index (Phi) is 3.36. The number of anilines is 2. The number of benzene rings is 1. The summed E-state index contributed by atoms with van der Waals surface area (Å²) in [6.45, 7) is 2.38. The van der Waals surface area contributed by atoms with Crippen molar-refractivity contribution in [1.29, 1.82) is 0 Å². The first kappa shape index (κ1) is 13.9. The average Bonchev–Trinajstić information content (AvgIpc) is 2.96. The Hall–Kier alpha value is -2.02. The second-order valence-corrected chi connectivity index (χ2v) is 6.95. The highest BCUT2D eigenvalue weighted by atomic mass is 32.2. The number of nitrogens with zero attached hydrogens (tertiary/aromatic N) is 2. The quantitative estimate of drug-likeness (QED) is 0.844. The van der Waals surface area contributed by atoms with Crippen molar-refractivity contribution in [3.05, 3.63) is 35.8 Å². The maximum atomic E-state index is 12.8. The number of sulfonamides is 1. The third-order valence-electron chi connectivity index (χ3n) is 3.69. The minimum atomic E-state index is -3.62. The molecular formula is C14H18N4O2S. The Morgan fingerprint density at radius 2 is 2.24 bits per heavy atom. The van der Waals surface area contributed by atoms with Gasteiger partial charge in [0.05, 0.1) is 11.9 Å². The van der Waals surface area contributed by atoms with Gasteiger partial charge in [-0.15, -0.1) is 0 Å². The standard InChI is InChI=1S/C14H18N4O2S/c1-2-13-16-9-14(17-13)21(19,20)18-7-3-4-10-5-6-11(15)8-12(10)18/h5-6,8-9H,2-4,7,15H2,1H3,(H,16,17). The molecule has 0 aliphatic carbocycles. The van der Waals surface area contributed by atoms with Crippen molar-refractivity contribution in [3.8, 4) is 0 Å². The van der Waals surface area contributed by atoms with Crippen molar-refractivity contribution in [2.24, 2.45) is 0 Å². The number of fused-ring (bicyclic) bond motifs is 1. The molecule has 0 fully saturated rings. The SMILES string of the molecule is CCc1ncc(S(=O)(=O)N2CCCc3ccc(N)cc32)[nH]1. The van der Waals surface area contributed by atoms with Crippen LogP contribution in [0.15, 0.2) is 29.4 Å². The maximum absolute atomic E-state index is 12.8. The maximum Gasteiger partial charge on any atom is 0.281 e. The molecule has 1 aromatic heterocycles. The van der Waals surface area contributed by atoms with Gasteiger partial charge >= 0.3 is 0 Å². The fourth-order valence-corrected chi connectivity index (χ4v) is 4.05. The lowest BCUT2D eigenvalue weighted by molar-refractivity contribution is 0.583. The van der Waals surface area contributed by atoms with E-state index in [1.165, 1.54) is 10.5 Å². The number of hydrogen-bond acceptors (Lipinski definition) is 4. The van der Waals surface area contributed by atoms with Crippen LogP contribution in [0.5, 0.6) is 0 Å². The topological polar surface area (TPSA) is 92.1 Å². The van der Waals surface area contributed by atoms with Crippen LogP contribution in [-0.4, -0.2) is 24.9 Å². The number of nitrogens with one attached hydrogen (secondary N) is 1. The van der Waals surface area contributed by atoms with Crippen LogP contribution in [0.2, 0.25) is 0 Å². The van der Waals surface area contributed by atoms with E-state index >= 15 is 0 Å². The van der Waals surface area contributed by atoms with E-state index in [1.807, 2.05) is 13.0 Å². The predicted octanol–water partition coefficient (Wildman–Crippen LogP) is 1.70. The molecule has 0 radical (unpaired) electrons. The molecule has 1 aliphatic heterocycles. The van der Waals surface area contributed by atoms with Crippen molar-refractivity contribution >= 4 is 21.4 Å². The molecule has 0 spiro atoms. The van der Waals surface area contributed by atoms with Gasteiger partial charge in [0.25, 0.3) is 10.0 Å². The number of rotatable bonds is 3. The molecule has 0 amide bonds. The summed E-state index contributed by atoms with van der Waals surface area (Å²) in [4.78, 5) is 6.96. The van der Waals surface area contributed by atoms with Gasteiger partial charge in [-0.2, -0.15) is 8.42 Å². The number of aromatic amines is 1. The summed E-state index contributed by atoms with van der Waals surface area (Å²) in [5.74, 6) is 0.665. The summed E-state index contributed by atoms with van der Waals surface area (Å²) in [7, 11) is -3.62. The fourth-order valence-electron chi connectivity index (χ4n) is 2.58. The van der Waals surface area contributed by atoms with E-state index in [4.69, 9.17) is 5.73 Å². The summed E-state index contributed by atoms with van der Waals surface area (Å²) >= 11 is 0. The van der Waals surface area contributed by atoms with Crippen LogP contribution < -0.4 is 10.0 Å². The van der Waals surface area contributed by atoms with Crippen molar-refractivity contribution in [3.63, 3.8) is 0 Å². The zero-order chi connectivity index (χ0) is 15.0. The van der Waals surface area contributed by atoms with Crippen molar-refractivity contribution in [1.82, 2.24) is 9.97 Å². The van der Waals surface area contributed by atoms with Crippen molar-refractivity contribution < 1.29 is 8.42 Å². The molecule has 21 heavy (non-hydrogen) atoms. The molecule has 7 heteroatoms. The third-order valence-corrected chi connectivity index (χ3v) is 5.42. The summed E-state index contributed by atoms with van der Waals surface area (Å²) in [6.07, 6.45) is 3.71. The number of nitrogen functional groups attached to an aromatic ring is 1. The molecule has 112 valence electrons. The lowest BCUT2D eigenvalue weighted by Gasteiger charge is -2.30. The molecule has 3 N–H and O–H groups in total. The number of nitrogens with two attached hydrogens (primary N) is 1. The lowest BCUT2D eigenvalue weighted by atomic mass is 10.0.